The Hall–Kier alpha value is -1.33. The summed E-state index contributed by atoms with van der Waals surface area (Å²) in [6.07, 6.45) is 0. The normalized spacial score (nSPS) is 9.62. The van der Waals surface area contributed by atoms with Gasteiger partial charge in [0.15, 0.2) is 0 Å². The van der Waals surface area contributed by atoms with E-state index in [9.17, 15) is 4.79 Å². The van der Waals surface area contributed by atoms with E-state index in [0.717, 1.165) is 0 Å². The second-order valence-corrected chi connectivity index (χ2v) is 3.96. The highest BCUT2D eigenvalue weighted by atomic mass is 35.5. The molecule has 0 aromatic heterocycles. The van der Waals surface area contributed by atoms with Crippen LogP contribution >= 0.6 is 23.8 Å². The second-order valence-electron chi connectivity index (χ2n) is 3.08. The van der Waals surface area contributed by atoms with Crippen LogP contribution in [0.25, 0.3) is 0 Å². The van der Waals surface area contributed by atoms with Crippen molar-refractivity contribution in [3.63, 3.8) is 0 Å². The minimum atomic E-state index is -0.131. The van der Waals surface area contributed by atoms with Crippen LogP contribution in [-0.4, -0.2) is 24.5 Å². The highest BCUT2D eigenvalue weighted by Gasteiger charge is 2.06. The highest BCUT2D eigenvalue weighted by Crippen LogP contribution is 2.20. The fourth-order valence-corrected chi connectivity index (χ4v) is 1.49. The lowest BCUT2D eigenvalue weighted by Crippen LogP contribution is -2.27. The number of hydrogen-bond acceptors (Lipinski definition) is 3. The smallest absolute Gasteiger partial charge is 0.239 e. The zero-order valence-electron chi connectivity index (χ0n) is 8.71. The van der Waals surface area contributed by atoms with Crippen molar-refractivity contribution in [3.05, 3.63) is 28.8 Å². The number of nitrogens with one attached hydrogen (secondary N) is 2. The summed E-state index contributed by atoms with van der Waals surface area (Å²) in [5.74, 6) is -0.131. The first-order chi connectivity index (χ1) is 7.54. The molecule has 1 aromatic carbocycles. The third kappa shape index (κ3) is 3.36. The average Bonchev–Trinajstić information content (AvgIpc) is 2.25. The molecule has 0 heterocycles. The van der Waals surface area contributed by atoms with Crippen molar-refractivity contribution in [1.82, 2.24) is 5.32 Å². The molecule has 4 nitrogen and oxygen atoms in total. The van der Waals surface area contributed by atoms with Crippen LogP contribution in [0.5, 0.6) is 0 Å². The third-order valence-electron chi connectivity index (χ3n) is 1.97. The predicted molar refractivity (Wildman–Crippen MR) is 69.9 cm³/mol. The summed E-state index contributed by atoms with van der Waals surface area (Å²) in [5, 5.41) is 5.98. The van der Waals surface area contributed by atoms with Crippen LogP contribution in [0, 0.1) is 0 Å². The van der Waals surface area contributed by atoms with E-state index in [1.54, 1.807) is 25.2 Å². The lowest BCUT2D eigenvalue weighted by molar-refractivity contribution is -0.118. The number of thiocarbonyl (C=S) groups is 1. The molecule has 0 aliphatic carbocycles. The van der Waals surface area contributed by atoms with Gasteiger partial charge in [0.25, 0.3) is 0 Å². The Balaban J connectivity index is 2.88. The van der Waals surface area contributed by atoms with E-state index in [4.69, 9.17) is 29.6 Å². The predicted octanol–water partition coefficient (Wildman–Crippen LogP) is 1.13. The van der Waals surface area contributed by atoms with Gasteiger partial charge in [-0.1, -0.05) is 23.8 Å². The molecule has 0 spiro atoms. The quantitative estimate of drug-likeness (QED) is 0.708. The molecule has 4 N–H and O–H groups in total. The number of anilines is 1. The largest absolute Gasteiger partial charge is 0.389 e. The Kier molecular flexibility index (Phi) is 4.52. The van der Waals surface area contributed by atoms with E-state index in [-0.39, 0.29) is 17.4 Å². The molecule has 0 radical (unpaired) electrons. The minimum absolute atomic E-state index is 0.131. The number of carbonyl (C=O) groups excluding carboxylic acids is 1. The van der Waals surface area contributed by atoms with Gasteiger partial charge in [-0.05, 0) is 18.2 Å². The first-order valence-corrected chi connectivity index (χ1v) is 5.37. The van der Waals surface area contributed by atoms with Gasteiger partial charge in [-0.15, -0.1) is 0 Å². The molecular weight excluding hydrogens is 246 g/mol. The minimum Gasteiger partial charge on any atom is -0.389 e. The number of likely N-dealkylation sites (N-methyl/N-ethyl adjacent to an activating group) is 1. The maximum atomic E-state index is 11.1. The molecule has 0 aliphatic heterocycles. The SMILES string of the molecule is CNC(=O)CNc1cc(Cl)ccc1C(N)=S. The van der Waals surface area contributed by atoms with Gasteiger partial charge in [-0.25, -0.2) is 0 Å². The number of nitrogens with two attached hydrogens (primary N) is 1. The summed E-state index contributed by atoms with van der Waals surface area (Å²) in [4.78, 5) is 11.3. The zero-order valence-corrected chi connectivity index (χ0v) is 10.3. The molecule has 1 amide bonds. The Labute approximate surface area is 104 Å². The van der Waals surface area contributed by atoms with E-state index in [1.165, 1.54) is 0 Å². The van der Waals surface area contributed by atoms with Gasteiger partial charge in [-0.3, -0.25) is 4.79 Å². The molecule has 16 heavy (non-hydrogen) atoms. The topological polar surface area (TPSA) is 67.2 Å². The van der Waals surface area contributed by atoms with Gasteiger partial charge in [0.05, 0.1) is 6.54 Å². The number of carbonyl (C=O) groups is 1. The summed E-state index contributed by atoms with van der Waals surface area (Å²) >= 11 is 10.7. The first kappa shape index (κ1) is 12.7. The van der Waals surface area contributed by atoms with Crippen molar-refractivity contribution in [1.29, 1.82) is 0 Å². The van der Waals surface area contributed by atoms with Crippen molar-refractivity contribution in [2.24, 2.45) is 5.73 Å². The maximum Gasteiger partial charge on any atom is 0.239 e. The molecular formula is C10H12ClN3OS. The standard InChI is InChI=1S/C10H12ClN3OS/c1-13-9(15)5-14-8-4-6(11)2-3-7(8)10(12)16/h2-4,14H,5H2,1H3,(H2,12,16)(H,13,15). The van der Waals surface area contributed by atoms with Crippen molar-refractivity contribution in [2.75, 3.05) is 18.9 Å². The van der Waals surface area contributed by atoms with Crippen LogP contribution in [0.15, 0.2) is 18.2 Å². The molecule has 0 unspecified atom stereocenters. The fraction of sp³-hybridized carbons (Fsp3) is 0.200. The Morgan fingerprint density at radius 2 is 2.25 bits per heavy atom. The van der Waals surface area contributed by atoms with Gasteiger partial charge in [0.2, 0.25) is 5.91 Å². The molecule has 0 atom stereocenters. The monoisotopic (exact) mass is 257 g/mol. The molecule has 86 valence electrons. The maximum absolute atomic E-state index is 11.1. The van der Waals surface area contributed by atoms with Gasteiger partial charge in [-0.2, -0.15) is 0 Å². The van der Waals surface area contributed by atoms with Crippen LogP contribution in [-0.2, 0) is 4.79 Å². The van der Waals surface area contributed by atoms with Crippen molar-refractivity contribution in [2.45, 2.75) is 0 Å². The van der Waals surface area contributed by atoms with Crippen LogP contribution in [0.2, 0.25) is 5.02 Å². The number of halogens is 1. The van der Waals surface area contributed by atoms with E-state index in [0.29, 0.717) is 16.3 Å². The van der Waals surface area contributed by atoms with E-state index < -0.39 is 0 Å². The Bertz CT molecular complexity index is 423. The van der Waals surface area contributed by atoms with Crippen LogP contribution < -0.4 is 16.4 Å². The third-order valence-corrected chi connectivity index (χ3v) is 2.42. The molecule has 0 aliphatic rings. The van der Waals surface area contributed by atoms with E-state index in [2.05, 4.69) is 10.6 Å². The summed E-state index contributed by atoms with van der Waals surface area (Å²) in [6, 6.07) is 5.09. The lowest BCUT2D eigenvalue weighted by Gasteiger charge is -2.10. The van der Waals surface area contributed by atoms with E-state index in [1.807, 2.05) is 0 Å². The molecule has 0 saturated heterocycles. The lowest BCUT2D eigenvalue weighted by atomic mass is 10.2. The highest BCUT2D eigenvalue weighted by molar-refractivity contribution is 7.80. The second kappa shape index (κ2) is 5.67. The molecule has 6 heteroatoms. The Morgan fingerprint density at radius 3 is 2.81 bits per heavy atom. The average molecular weight is 258 g/mol. The first-order valence-electron chi connectivity index (χ1n) is 4.58. The van der Waals surface area contributed by atoms with Crippen LogP contribution in [0.1, 0.15) is 5.56 Å². The molecule has 0 bridgehead atoms. The van der Waals surface area contributed by atoms with Gasteiger partial charge in [0, 0.05) is 23.3 Å². The molecule has 1 aromatic rings. The van der Waals surface area contributed by atoms with Crippen LogP contribution in [0.3, 0.4) is 0 Å². The number of rotatable bonds is 4. The van der Waals surface area contributed by atoms with Gasteiger partial charge < -0.3 is 16.4 Å². The summed E-state index contributed by atoms with van der Waals surface area (Å²) in [6.45, 7) is 0.145. The molecule has 1 rings (SSSR count). The fourth-order valence-electron chi connectivity index (χ4n) is 1.14. The van der Waals surface area contributed by atoms with Crippen molar-refractivity contribution < 1.29 is 4.79 Å². The summed E-state index contributed by atoms with van der Waals surface area (Å²) in [7, 11) is 1.57. The molecule has 0 saturated carbocycles. The van der Waals surface area contributed by atoms with Crippen molar-refractivity contribution in [3.8, 4) is 0 Å². The summed E-state index contributed by atoms with van der Waals surface area (Å²) < 4.78 is 0. The molecule has 0 fully saturated rings. The number of benzene rings is 1. The van der Waals surface area contributed by atoms with Gasteiger partial charge >= 0.3 is 0 Å². The summed E-state index contributed by atoms with van der Waals surface area (Å²) in [5.41, 5.74) is 6.88. The van der Waals surface area contributed by atoms with Crippen LogP contribution in [0.4, 0.5) is 5.69 Å². The Morgan fingerprint density at radius 1 is 1.56 bits per heavy atom. The number of amides is 1. The zero-order chi connectivity index (χ0) is 12.1. The number of hydrogen-bond donors (Lipinski definition) is 3. The van der Waals surface area contributed by atoms with Gasteiger partial charge in [0.1, 0.15) is 4.99 Å². The van der Waals surface area contributed by atoms with E-state index >= 15 is 0 Å². The van der Waals surface area contributed by atoms with Crippen molar-refractivity contribution >= 4 is 40.4 Å².